The van der Waals surface area contributed by atoms with Crippen molar-refractivity contribution in [1.29, 1.82) is 0 Å². The van der Waals surface area contributed by atoms with Gasteiger partial charge in [0.1, 0.15) is 0 Å². The molecular formula is C8H16N4O3S. The first-order valence-corrected chi connectivity index (χ1v) is 6.25. The SMILES string of the molecule is COCCN(CCN)S(=O)(=O)c1ccn[nH]1. The van der Waals surface area contributed by atoms with E-state index >= 15 is 0 Å². The van der Waals surface area contributed by atoms with Gasteiger partial charge in [-0.3, -0.25) is 5.10 Å². The molecule has 0 amide bonds. The van der Waals surface area contributed by atoms with Gasteiger partial charge >= 0.3 is 0 Å². The predicted octanol–water partition coefficient (Wildman–Crippen LogP) is -0.994. The lowest BCUT2D eigenvalue weighted by atomic mass is 10.6. The minimum Gasteiger partial charge on any atom is -0.383 e. The Hall–Kier alpha value is -0.960. The highest BCUT2D eigenvalue weighted by atomic mass is 32.2. The Bertz CT molecular complexity index is 389. The summed E-state index contributed by atoms with van der Waals surface area (Å²) in [4.78, 5) is 0. The van der Waals surface area contributed by atoms with E-state index in [-0.39, 0.29) is 24.7 Å². The Morgan fingerprint density at radius 1 is 1.56 bits per heavy atom. The van der Waals surface area contributed by atoms with Gasteiger partial charge < -0.3 is 10.5 Å². The van der Waals surface area contributed by atoms with Crippen LogP contribution in [0.5, 0.6) is 0 Å². The Morgan fingerprint density at radius 3 is 2.81 bits per heavy atom. The normalized spacial score (nSPS) is 12.2. The zero-order valence-corrected chi connectivity index (χ0v) is 9.90. The molecule has 0 bridgehead atoms. The van der Waals surface area contributed by atoms with Crippen molar-refractivity contribution in [1.82, 2.24) is 14.5 Å². The molecule has 0 fully saturated rings. The highest BCUT2D eigenvalue weighted by Crippen LogP contribution is 2.11. The number of nitrogens with two attached hydrogens (primary N) is 1. The summed E-state index contributed by atoms with van der Waals surface area (Å²) in [7, 11) is -2.02. The molecule has 0 aliphatic heterocycles. The van der Waals surface area contributed by atoms with Crippen LogP contribution < -0.4 is 5.73 Å². The van der Waals surface area contributed by atoms with Crippen molar-refractivity contribution in [3.63, 3.8) is 0 Å². The van der Waals surface area contributed by atoms with Gasteiger partial charge in [0.2, 0.25) is 0 Å². The van der Waals surface area contributed by atoms with Crippen LogP contribution in [0.25, 0.3) is 0 Å². The van der Waals surface area contributed by atoms with Gasteiger partial charge in [0.15, 0.2) is 5.03 Å². The molecule has 7 nitrogen and oxygen atoms in total. The van der Waals surface area contributed by atoms with Crippen LogP contribution in [0.15, 0.2) is 17.3 Å². The van der Waals surface area contributed by atoms with Gasteiger partial charge in [-0.15, -0.1) is 0 Å². The average Bonchev–Trinajstić information content (AvgIpc) is 2.77. The number of aromatic amines is 1. The number of sulfonamides is 1. The van der Waals surface area contributed by atoms with E-state index in [0.29, 0.717) is 6.61 Å². The Balaban J connectivity index is 2.84. The van der Waals surface area contributed by atoms with Crippen molar-refractivity contribution >= 4 is 10.0 Å². The molecular weight excluding hydrogens is 232 g/mol. The highest BCUT2D eigenvalue weighted by Gasteiger charge is 2.24. The van der Waals surface area contributed by atoms with Crippen LogP contribution in [0.3, 0.4) is 0 Å². The summed E-state index contributed by atoms with van der Waals surface area (Å²) in [6.07, 6.45) is 1.39. The zero-order chi connectivity index (χ0) is 12.0. The van der Waals surface area contributed by atoms with Crippen LogP contribution in [-0.4, -0.2) is 56.3 Å². The summed E-state index contributed by atoms with van der Waals surface area (Å²) in [6.45, 7) is 1.12. The summed E-state index contributed by atoms with van der Waals surface area (Å²) in [6, 6.07) is 1.41. The van der Waals surface area contributed by atoms with Crippen LogP contribution >= 0.6 is 0 Å². The van der Waals surface area contributed by atoms with Crippen molar-refractivity contribution in [3.05, 3.63) is 12.3 Å². The number of nitrogens with zero attached hydrogens (tertiary/aromatic N) is 2. The molecule has 0 aliphatic carbocycles. The van der Waals surface area contributed by atoms with Crippen LogP contribution in [0, 0.1) is 0 Å². The molecule has 0 aliphatic rings. The van der Waals surface area contributed by atoms with Gasteiger partial charge in [0, 0.05) is 26.7 Å². The van der Waals surface area contributed by atoms with Gasteiger partial charge in [0.05, 0.1) is 12.8 Å². The second-order valence-corrected chi connectivity index (χ2v) is 5.01. The maximum absolute atomic E-state index is 12.0. The molecule has 92 valence electrons. The molecule has 1 rings (SSSR count). The number of ether oxygens (including phenoxy) is 1. The van der Waals surface area contributed by atoms with E-state index in [4.69, 9.17) is 10.5 Å². The third kappa shape index (κ3) is 3.01. The molecule has 0 radical (unpaired) electrons. The van der Waals surface area contributed by atoms with E-state index in [0.717, 1.165) is 0 Å². The number of hydrogen-bond donors (Lipinski definition) is 2. The fourth-order valence-corrected chi connectivity index (χ4v) is 2.55. The van der Waals surface area contributed by atoms with E-state index in [2.05, 4.69) is 10.2 Å². The van der Waals surface area contributed by atoms with Crippen molar-refractivity contribution in [2.45, 2.75) is 5.03 Å². The molecule has 16 heavy (non-hydrogen) atoms. The first-order valence-electron chi connectivity index (χ1n) is 4.81. The summed E-state index contributed by atoms with van der Waals surface area (Å²) in [5.41, 5.74) is 5.38. The van der Waals surface area contributed by atoms with Gasteiger partial charge in [-0.05, 0) is 6.07 Å². The van der Waals surface area contributed by atoms with E-state index in [9.17, 15) is 8.42 Å². The van der Waals surface area contributed by atoms with E-state index in [1.807, 2.05) is 0 Å². The molecule has 1 aromatic heterocycles. The summed E-state index contributed by atoms with van der Waals surface area (Å²) in [5.74, 6) is 0. The van der Waals surface area contributed by atoms with Crippen molar-refractivity contribution in [2.24, 2.45) is 5.73 Å². The summed E-state index contributed by atoms with van der Waals surface area (Å²) >= 11 is 0. The molecule has 0 unspecified atom stereocenters. The zero-order valence-electron chi connectivity index (χ0n) is 9.09. The van der Waals surface area contributed by atoms with Crippen LogP contribution in [0.2, 0.25) is 0 Å². The molecule has 0 saturated carbocycles. The first-order chi connectivity index (χ1) is 7.62. The predicted molar refractivity (Wildman–Crippen MR) is 58.3 cm³/mol. The quantitative estimate of drug-likeness (QED) is 0.645. The smallest absolute Gasteiger partial charge is 0.260 e. The van der Waals surface area contributed by atoms with Gasteiger partial charge in [0.25, 0.3) is 10.0 Å². The number of methoxy groups -OCH3 is 1. The van der Waals surface area contributed by atoms with Crippen LogP contribution in [-0.2, 0) is 14.8 Å². The second kappa shape index (κ2) is 5.94. The number of nitrogens with one attached hydrogen (secondary N) is 1. The maximum Gasteiger partial charge on any atom is 0.260 e. The van der Waals surface area contributed by atoms with Crippen molar-refractivity contribution in [2.75, 3.05) is 33.4 Å². The first kappa shape index (κ1) is 13.1. The van der Waals surface area contributed by atoms with Gasteiger partial charge in [-0.2, -0.15) is 9.40 Å². The third-order valence-electron chi connectivity index (χ3n) is 2.02. The average molecular weight is 248 g/mol. The molecule has 0 saturated heterocycles. The van der Waals surface area contributed by atoms with Crippen LogP contribution in [0.4, 0.5) is 0 Å². The molecule has 3 N–H and O–H groups in total. The van der Waals surface area contributed by atoms with E-state index in [1.54, 1.807) is 0 Å². The third-order valence-corrected chi connectivity index (χ3v) is 3.84. The molecule has 0 atom stereocenters. The van der Waals surface area contributed by atoms with Crippen LogP contribution in [0.1, 0.15) is 0 Å². The molecule has 8 heteroatoms. The lowest BCUT2D eigenvalue weighted by molar-refractivity contribution is 0.179. The number of H-pyrrole nitrogens is 1. The minimum atomic E-state index is -3.54. The summed E-state index contributed by atoms with van der Waals surface area (Å²) < 4.78 is 30.2. The van der Waals surface area contributed by atoms with Gasteiger partial charge in [-0.25, -0.2) is 8.42 Å². The van der Waals surface area contributed by atoms with E-state index in [1.165, 1.54) is 23.7 Å². The largest absolute Gasteiger partial charge is 0.383 e. The number of rotatable bonds is 7. The molecule has 0 spiro atoms. The lowest BCUT2D eigenvalue weighted by Crippen LogP contribution is -2.37. The highest BCUT2D eigenvalue weighted by molar-refractivity contribution is 7.89. The maximum atomic E-state index is 12.0. The standard InChI is InChI=1S/C8H16N4O3S/c1-15-7-6-12(5-3-9)16(13,14)8-2-4-10-11-8/h2,4H,3,5-7,9H2,1H3,(H,10,11). The van der Waals surface area contributed by atoms with Crippen molar-refractivity contribution in [3.8, 4) is 0 Å². The lowest BCUT2D eigenvalue weighted by Gasteiger charge is -2.19. The fraction of sp³-hybridized carbons (Fsp3) is 0.625. The van der Waals surface area contributed by atoms with Crippen molar-refractivity contribution < 1.29 is 13.2 Å². The van der Waals surface area contributed by atoms with E-state index < -0.39 is 10.0 Å². The van der Waals surface area contributed by atoms with Gasteiger partial charge in [-0.1, -0.05) is 0 Å². The fourth-order valence-electron chi connectivity index (χ4n) is 1.22. The summed E-state index contributed by atoms with van der Waals surface area (Å²) in [5, 5.41) is 6.12. The minimum absolute atomic E-state index is 0.0667. The Kier molecular flexibility index (Phi) is 4.87. The topological polar surface area (TPSA) is 101 Å². The molecule has 1 heterocycles. The number of aromatic nitrogens is 2. The Labute approximate surface area is 94.6 Å². The molecule has 0 aromatic carbocycles. The second-order valence-electron chi connectivity index (χ2n) is 3.11. The number of hydrogen-bond acceptors (Lipinski definition) is 5. The molecule has 1 aromatic rings. The Morgan fingerprint density at radius 2 is 2.31 bits per heavy atom. The monoisotopic (exact) mass is 248 g/mol.